The van der Waals surface area contributed by atoms with Gasteiger partial charge >= 0.3 is 6.18 Å². The summed E-state index contributed by atoms with van der Waals surface area (Å²) >= 11 is 0. The van der Waals surface area contributed by atoms with Crippen molar-refractivity contribution in [3.05, 3.63) is 78.4 Å². The predicted molar refractivity (Wildman–Crippen MR) is 119 cm³/mol. The van der Waals surface area contributed by atoms with Crippen molar-refractivity contribution in [1.82, 2.24) is 4.98 Å². The minimum Gasteiger partial charge on any atom is -0.502 e. The summed E-state index contributed by atoms with van der Waals surface area (Å²) in [5.41, 5.74) is 5.52. The molecule has 7 rings (SSSR count). The number of pyridine rings is 2. The molecule has 0 spiro atoms. The van der Waals surface area contributed by atoms with Crippen LogP contribution in [0.15, 0.2) is 77.2 Å². The van der Waals surface area contributed by atoms with E-state index in [-0.39, 0.29) is 11.4 Å². The largest absolute Gasteiger partial charge is 0.502 e. The number of aromatic amines is 1. The fourth-order valence-electron chi connectivity index (χ4n) is 5.02. The zero-order valence-electron chi connectivity index (χ0n) is 16.9. The van der Waals surface area contributed by atoms with Crippen LogP contribution in [0.2, 0.25) is 0 Å². The molecule has 160 valence electrons. The van der Waals surface area contributed by atoms with Gasteiger partial charge in [0.15, 0.2) is 5.75 Å². The van der Waals surface area contributed by atoms with E-state index in [0.717, 1.165) is 56.7 Å². The van der Waals surface area contributed by atoms with E-state index in [2.05, 4.69) is 4.98 Å². The number of aromatic hydroxyl groups is 1. The molecule has 0 atom stereocenters. The number of hydrogen-bond donors (Lipinski definition) is 2. The van der Waals surface area contributed by atoms with Gasteiger partial charge in [-0.15, -0.1) is 4.57 Å². The third kappa shape index (κ3) is 2.33. The summed E-state index contributed by atoms with van der Waals surface area (Å²) in [6.45, 7) is 0. The van der Waals surface area contributed by atoms with Gasteiger partial charge in [0, 0.05) is 29.3 Å². The Morgan fingerprint density at radius 2 is 1.45 bits per heavy atom. The summed E-state index contributed by atoms with van der Waals surface area (Å²) in [6.07, 6.45) is -4.54. The normalized spacial score (nSPS) is 12.8. The number of alkyl halides is 3. The highest BCUT2D eigenvalue weighted by atomic mass is 19.4. The number of phenols is 1. The zero-order valence-corrected chi connectivity index (χ0v) is 16.9. The highest BCUT2D eigenvalue weighted by Crippen LogP contribution is 2.46. The lowest BCUT2D eigenvalue weighted by Crippen LogP contribution is -2.34. The number of nitrogens with zero attached hydrogens (tertiary/aromatic N) is 1. The van der Waals surface area contributed by atoms with E-state index in [4.69, 9.17) is 4.42 Å². The lowest BCUT2D eigenvalue weighted by Gasteiger charge is -2.20. The zero-order chi connectivity index (χ0) is 22.5. The van der Waals surface area contributed by atoms with E-state index >= 15 is 0 Å². The van der Waals surface area contributed by atoms with Gasteiger partial charge in [0.2, 0.25) is 11.0 Å². The maximum Gasteiger partial charge on any atom is 0.416 e. The van der Waals surface area contributed by atoms with E-state index in [1.807, 2.05) is 48.5 Å². The van der Waals surface area contributed by atoms with Crippen molar-refractivity contribution in [2.24, 2.45) is 0 Å². The van der Waals surface area contributed by atoms with Crippen LogP contribution in [-0.2, 0) is 6.18 Å². The van der Waals surface area contributed by atoms with E-state index < -0.39 is 11.7 Å². The minimum absolute atomic E-state index is 0.0512. The first-order chi connectivity index (χ1) is 15.9. The monoisotopic (exact) mass is 443 g/mol. The maximum absolute atomic E-state index is 13.6. The van der Waals surface area contributed by atoms with E-state index in [1.165, 1.54) is 0 Å². The molecule has 0 unspecified atom stereocenters. The van der Waals surface area contributed by atoms with Gasteiger partial charge in [0.1, 0.15) is 11.2 Å². The first kappa shape index (κ1) is 18.3. The van der Waals surface area contributed by atoms with Crippen LogP contribution >= 0.6 is 0 Å². The van der Waals surface area contributed by atoms with E-state index in [0.29, 0.717) is 16.6 Å². The molecule has 3 heterocycles. The fraction of sp³-hybridized carbons (Fsp3) is 0.0385. The van der Waals surface area contributed by atoms with Crippen LogP contribution in [0.25, 0.3) is 60.8 Å². The summed E-state index contributed by atoms with van der Waals surface area (Å²) in [7, 11) is 0. The van der Waals surface area contributed by atoms with Crippen LogP contribution in [0.3, 0.4) is 0 Å². The number of phenolic OH excluding ortho intramolecular Hbond substituents is 1. The number of hydrogen-bond acceptors (Lipinski definition) is 2. The molecule has 33 heavy (non-hydrogen) atoms. The van der Waals surface area contributed by atoms with Gasteiger partial charge in [0.05, 0.1) is 27.4 Å². The SMILES string of the molecule is Oc1ccc(C(F)(F)F)cc1-[n+]1c2cccc3[nH]c4cccc5oc6cccc1c6c(c32)-c45. The van der Waals surface area contributed by atoms with Crippen molar-refractivity contribution in [2.75, 3.05) is 0 Å². The Hall–Kier alpha value is -4.26. The lowest BCUT2D eigenvalue weighted by molar-refractivity contribution is -0.538. The highest BCUT2D eigenvalue weighted by Gasteiger charge is 2.35. The molecule has 0 fully saturated rings. The minimum atomic E-state index is -4.54. The van der Waals surface area contributed by atoms with Crippen LogP contribution in [0, 0.1) is 0 Å². The smallest absolute Gasteiger partial charge is 0.416 e. The lowest BCUT2D eigenvalue weighted by atomic mass is 9.91. The van der Waals surface area contributed by atoms with Crippen molar-refractivity contribution in [2.45, 2.75) is 6.18 Å². The molecule has 0 saturated carbocycles. The average molecular weight is 443 g/mol. The molecule has 7 heteroatoms. The second kappa shape index (κ2) is 5.95. The molecular formula is C26H14F3N2O2+. The van der Waals surface area contributed by atoms with Gasteiger partial charge in [-0.2, -0.15) is 13.2 Å². The Labute approximate surface area is 183 Å². The Morgan fingerprint density at radius 3 is 2.27 bits per heavy atom. The summed E-state index contributed by atoms with van der Waals surface area (Å²) in [6, 6.07) is 19.9. The van der Waals surface area contributed by atoms with Crippen LogP contribution < -0.4 is 4.57 Å². The highest BCUT2D eigenvalue weighted by molar-refractivity contribution is 6.23. The molecular weight excluding hydrogens is 429 g/mol. The third-order valence-corrected chi connectivity index (χ3v) is 6.34. The maximum atomic E-state index is 13.6. The second-order valence-electron chi connectivity index (χ2n) is 8.17. The molecule has 5 aromatic rings. The molecule has 1 aromatic heterocycles. The van der Waals surface area contributed by atoms with Crippen LogP contribution in [0.5, 0.6) is 5.75 Å². The first-order valence-corrected chi connectivity index (χ1v) is 10.3. The first-order valence-electron chi connectivity index (χ1n) is 10.3. The van der Waals surface area contributed by atoms with E-state index in [1.54, 1.807) is 10.6 Å². The van der Waals surface area contributed by atoms with Gasteiger partial charge in [-0.1, -0.05) is 18.2 Å². The molecule has 0 radical (unpaired) electrons. The second-order valence-corrected chi connectivity index (χ2v) is 8.17. The van der Waals surface area contributed by atoms with E-state index in [9.17, 15) is 18.3 Å². The van der Waals surface area contributed by atoms with Crippen molar-refractivity contribution >= 4 is 44.0 Å². The van der Waals surface area contributed by atoms with Crippen LogP contribution in [0.4, 0.5) is 13.2 Å². The molecule has 0 amide bonds. The van der Waals surface area contributed by atoms with Crippen molar-refractivity contribution < 1.29 is 27.3 Å². The summed E-state index contributed by atoms with van der Waals surface area (Å²) in [5, 5.41) is 12.3. The summed E-state index contributed by atoms with van der Waals surface area (Å²) in [4.78, 5) is 3.43. The van der Waals surface area contributed by atoms with Crippen molar-refractivity contribution in [3.63, 3.8) is 0 Å². The Morgan fingerprint density at radius 1 is 0.758 bits per heavy atom. The average Bonchev–Trinajstić information content (AvgIpc) is 2.79. The Bertz CT molecular complexity index is 1730. The number of rotatable bonds is 1. The molecule has 2 aliphatic heterocycles. The van der Waals surface area contributed by atoms with Crippen molar-refractivity contribution in [1.29, 1.82) is 0 Å². The molecule has 0 aliphatic carbocycles. The predicted octanol–water partition coefficient (Wildman–Crippen LogP) is 6.76. The number of nitrogens with one attached hydrogen (secondary N) is 1. The number of H-pyrrole nitrogens is 1. The topological polar surface area (TPSA) is 53.0 Å². The van der Waals surface area contributed by atoms with Gasteiger partial charge in [-0.25, -0.2) is 0 Å². The Kier molecular flexibility index (Phi) is 3.30. The van der Waals surface area contributed by atoms with Gasteiger partial charge in [-0.3, -0.25) is 0 Å². The Balaban J connectivity index is 1.78. The summed E-state index contributed by atoms with van der Waals surface area (Å²) < 4.78 is 48.5. The van der Waals surface area contributed by atoms with Crippen LogP contribution in [-0.4, -0.2) is 10.1 Å². The van der Waals surface area contributed by atoms with Crippen molar-refractivity contribution in [3.8, 4) is 22.6 Å². The van der Waals surface area contributed by atoms with Crippen LogP contribution in [0.1, 0.15) is 5.56 Å². The third-order valence-electron chi connectivity index (χ3n) is 6.34. The summed E-state index contributed by atoms with van der Waals surface area (Å²) in [5.74, 6) is -0.247. The molecule has 4 aromatic carbocycles. The van der Waals surface area contributed by atoms with Gasteiger partial charge in [-0.05, 0) is 36.4 Å². The molecule has 2 N–H and O–H groups in total. The van der Waals surface area contributed by atoms with Gasteiger partial charge < -0.3 is 14.5 Å². The quantitative estimate of drug-likeness (QED) is 0.167. The number of benzene rings is 4. The molecule has 4 nitrogen and oxygen atoms in total. The van der Waals surface area contributed by atoms with Gasteiger partial charge in [0.25, 0.3) is 5.69 Å². The number of halogens is 3. The number of aromatic nitrogens is 2. The molecule has 0 saturated heterocycles. The molecule has 0 bridgehead atoms. The fourth-order valence-corrected chi connectivity index (χ4v) is 5.02. The standard InChI is InChI=1S/C26H13F3N2O2/c27-26(28,29)13-10-11-19(32)18(12-13)31-16-6-1-4-14-22(16)25-23-15(30-14)5-2-8-20(23)33-21-9-3-7-17(31)24(21)25/h1-12,32H/p+1. The molecule has 2 aliphatic rings.